The number of aryl methyl sites for hydroxylation is 1. The van der Waals surface area contributed by atoms with E-state index in [0.29, 0.717) is 10.9 Å². The van der Waals surface area contributed by atoms with Gasteiger partial charge in [-0.05, 0) is 24.3 Å². The highest BCUT2D eigenvalue weighted by molar-refractivity contribution is 7.92. The van der Waals surface area contributed by atoms with Gasteiger partial charge in [0.2, 0.25) is 0 Å². The number of anilines is 1. The van der Waals surface area contributed by atoms with Gasteiger partial charge in [-0.2, -0.15) is 23.4 Å². The standard InChI is InChI=1S/C17H12ClF3N6O2S/c1-26-8-10-2-3-13(18)16(15(10)24-26)25-30(28,29)12-7-23-27(9-12)11-4-5-22-14(6-11)17(19,20)21/h2-9,25H,1H3. The molecule has 13 heteroatoms. The van der Waals surface area contributed by atoms with E-state index in [1.54, 1.807) is 19.3 Å². The average Bonchev–Trinajstić information content (AvgIpc) is 3.31. The van der Waals surface area contributed by atoms with E-state index in [9.17, 15) is 21.6 Å². The molecule has 3 aromatic heterocycles. The number of halogens is 4. The Morgan fingerprint density at radius 1 is 1.17 bits per heavy atom. The zero-order chi connectivity index (χ0) is 21.7. The first-order chi connectivity index (χ1) is 14.0. The lowest BCUT2D eigenvalue weighted by molar-refractivity contribution is -0.141. The van der Waals surface area contributed by atoms with Gasteiger partial charge in [0.15, 0.2) is 0 Å². The van der Waals surface area contributed by atoms with Gasteiger partial charge < -0.3 is 0 Å². The average molecular weight is 457 g/mol. The van der Waals surface area contributed by atoms with Crippen LogP contribution < -0.4 is 4.72 Å². The van der Waals surface area contributed by atoms with Crippen molar-refractivity contribution in [1.29, 1.82) is 0 Å². The molecule has 0 radical (unpaired) electrons. The largest absolute Gasteiger partial charge is 0.433 e. The molecule has 0 atom stereocenters. The minimum absolute atomic E-state index is 0.00337. The third-order valence-electron chi connectivity index (χ3n) is 4.15. The highest BCUT2D eigenvalue weighted by Crippen LogP contribution is 2.32. The number of nitrogens with zero attached hydrogens (tertiary/aromatic N) is 5. The van der Waals surface area contributed by atoms with Gasteiger partial charge in [-0.1, -0.05) is 11.6 Å². The Kier molecular flexibility index (Phi) is 4.70. The van der Waals surface area contributed by atoms with E-state index in [4.69, 9.17) is 11.6 Å². The van der Waals surface area contributed by atoms with Crippen LogP contribution in [0.2, 0.25) is 5.02 Å². The number of pyridine rings is 1. The van der Waals surface area contributed by atoms with E-state index >= 15 is 0 Å². The molecule has 3 heterocycles. The fourth-order valence-corrected chi connectivity index (χ4v) is 4.05. The van der Waals surface area contributed by atoms with Crippen LogP contribution in [-0.2, 0) is 23.2 Å². The number of aromatic nitrogens is 5. The fraction of sp³-hybridized carbons (Fsp3) is 0.118. The number of hydrogen-bond acceptors (Lipinski definition) is 5. The molecule has 0 aliphatic heterocycles. The van der Waals surface area contributed by atoms with Crippen LogP contribution >= 0.6 is 11.6 Å². The van der Waals surface area contributed by atoms with Gasteiger partial charge in [-0.25, -0.2) is 13.1 Å². The molecule has 0 saturated heterocycles. The van der Waals surface area contributed by atoms with Crippen molar-refractivity contribution in [3.05, 3.63) is 59.8 Å². The maximum Gasteiger partial charge on any atom is 0.433 e. The molecule has 8 nitrogen and oxygen atoms in total. The Balaban J connectivity index is 1.70. The van der Waals surface area contributed by atoms with Crippen LogP contribution in [0.1, 0.15) is 5.69 Å². The molecule has 0 fully saturated rings. The molecular formula is C17H12ClF3N6O2S. The quantitative estimate of drug-likeness (QED) is 0.506. The lowest BCUT2D eigenvalue weighted by Gasteiger charge is -2.09. The number of fused-ring (bicyclic) bond motifs is 1. The number of alkyl halides is 3. The van der Waals surface area contributed by atoms with Crippen molar-refractivity contribution in [3.8, 4) is 5.69 Å². The Morgan fingerprint density at radius 3 is 2.67 bits per heavy atom. The number of hydrogen-bond donors (Lipinski definition) is 1. The van der Waals surface area contributed by atoms with Gasteiger partial charge in [-0.3, -0.25) is 14.4 Å². The number of rotatable bonds is 4. The molecule has 0 saturated carbocycles. The first-order valence-corrected chi connectivity index (χ1v) is 10.1. The maximum atomic E-state index is 12.9. The molecule has 0 unspecified atom stereocenters. The van der Waals surface area contributed by atoms with Gasteiger partial charge in [-0.15, -0.1) is 0 Å². The SMILES string of the molecule is Cn1cc2ccc(Cl)c(NS(=O)(=O)c3cnn(-c4ccnc(C(F)(F)F)c4)c3)c2n1. The molecule has 0 aliphatic rings. The van der Waals surface area contributed by atoms with Crippen molar-refractivity contribution in [2.75, 3.05) is 4.72 Å². The van der Waals surface area contributed by atoms with Crippen LogP contribution in [-0.4, -0.2) is 33.0 Å². The van der Waals surface area contributed by atoms with Crippen molar-refractivity contribution in [2.24, 2.45) is 7.05 Å². The van der Waals surface area contributed by atoms with Crippen LogP contribution in [0.3, 0.4) is 0 Å². The monoisotopic (exact) mass is 456 g/mol. The number of benzene rings is 1. The van der Waals surface area contributed by atoms with Crippen molar-refractivity contribution in [2.45, 2.75) is 11.1 Å². The molecule has 1 N–H and O–H groups in total. The highest BCUT2D eigenvalue weighted by atomic mass is 35.5. The zero-order valence-corrected chi connectivity index (χ0v) is 16.7. The Morgan fingerprint density at radius 2 is 1.93 bits per heavy atom. The Bertz CT molecular complexity index is 1360. The molecule has 1 aromatic carbocycles. The second-order valence-electron chi connectivity index (χ2n) is 6.29. The summed E-state index contributed by atoms with van der Waals surface area (Å²) in [6.07, 6.45) is 0.126. The second-order valence-corrected chi connectivity index (χ2v) is 8.38. The van der Waals surface area contributed by atoms with E-state index in [-0.39, 0.29) is 21.3 Å². The number of sulfonamides is 1. The smallest absolute Gasteiger partial charge is 0.276 e. The lowest BCUT2D eigenvalue weighted by Crippen LogP contribution is -2.13. The first kappa shape index (κ1) is 20.2. The van der Waals surface area contributed by atoms with E-state index < -0.39 is 21.9 Å². The topological polar surface area (TPSA) is 94.7 Å². The molecular weight excluding hydrogens is 445 g/mol. The van der Waals surface area contributed by atoms with E-state index in [1.165, 1.54) is 16.8 Å². The van der Waals surface area contributed by atoms with Crippen LogP contribution in [0, 0.1) is 0 Å². The molecule has 4 rings (SSSR count). The fourth-order valence-electron chi connectivity index (χ4n) is 2.78. The Labute approximate surface area is 173 Å². The minimum atomic E-state index is -4.64. The van der Waals surface area contributed by atoms with Gasteiger partial charge in [0, 0.05) is 24.8 Å². The molecule has 0 amide bonds. The lowest BCUT2D eigenvalue weighted by atomic mass is 10.2. The summed E-state index contributed by atoms with van der Waals surface area (Å²) in [6.45, 7) is 0. The molecule has 4 aromatic rings. The molecule has 0 aliphatic carbocycles. The third kappa shape index (κ3) is 3.71. The van der Waals surface area contributed by atoms with Gasteiger partial charge in [0.1, 0.15) is 16.1 Å². The normalized spacial score (nSPS) is 12.4. The van der Waals surface area contributed by atoms with Gasteiger partial charge in [0.25, 0.3) is 10.0 Å². The summed E-state index contributed by atoms with van der Waals surface area (Å²) >= 11 is 6.16. The molecule has 0 spiro atoms. The first-order valence-electron chi connectivity index (χ1n) is 8.27. The zero-order valence-electron chi connectivity index (χ0n) is 15.1. The third-order valence-corrected chi connectivity index (χ3v) is 5.77. The van der Waals surface area contributed by atoms with Gasteiger partial charge in [0.05, 0.1) is 28.8 Å². The van der Waals surface area contributed by atoms with E-state index in [2.05, 4.69) is 19.9 Å². The van der Waals surface area contributed by atoms with Gasteiger partial charge >= 0.3 is 6.18 Å². The summed E-state index contributed by atoms with van der Waals surface area (Å²) in [6, 6.07) is 5.27. The summed E-state index contributed by atoms with van der Waals surface area (Å²) in [5.41, 5.74) is -0.675. The van der Waals surface area contributed by atoms with Crippen molar-refractivity contribution >= 4 is 38.2 Å². The van der Waals surface area contributed by atoms with Crippen molar-refractivity contribution < 1.29 is 21.6 Å². The summed E-state index contributed by atoms with van der Waals surface area (Å²) in [7, 11) is -2.47. The van der Waals surface area contributed by atoms with Crippen molar-refractivity contribution in [1.82, 2.24) is 24.5 Å². The van der Waals surface area contributed by atoms with Crippen molar-refractivity contribution in [3.63, 3.8) is 0 Å². The van der Waals surface area contributed by atoms with Crippen LogP contribution in [0.25, 0.3) is 16.6 Å². The summed E-state index contributed by atoms with van der Waals surface area (Å²) in [5, 5.41) is 8.88. The predicted molar refractivity (Wildman–Crippen MR) is 103 cm³/mol. The van der Waals surface area contributed by atoms with Crippen LogP contribution in [0.4, 0.5) is 18.9 Å². The Hall–Kier alpha value is -3.12. The molecule has 156 valence electrons. The molecule has 30 heavy (non-hydrogen) atoms. The van der Waals surface area contributed by atoms with Crippen LogP contribution in [0.5, 0.6) is 0 Å². The van der Waals surface area contributed by atoms with E-state index in [1.807, 2.05) is 0 Å². The summed E-state index contributed by atoms with van der Waals surface area (Å²) in [4.78, 5) is 3.00. The maximum absolute atomic E-state index is 12.9. The summed E-state index contributed by atoms with van der Waals surface area (Å²) in [5.74, 6) is 0. The summed E-state index contributed by atoms with van der Waals surface area (Å²) < 4.78 is 69.2. The number of nitrogens with one attached hydrogen (secondary N) is 1. The predicted octanol–water partition coefficient (Wildman–Crippen LogP) is 3.63. The van der Waals surface area contributed by atoms with E-state index in [0.717, 1.165) is 29.3 Å². The second kappa shape index (κ2) is 6.99. The van der Waals surface area contributed by atoms with Crippen LogP contribution in [0.15, 0.2) is 53.9 Å². The molecule has 0 bridgehead atoms. The highest BCUT2D eigenvalue weighted by Gasteiger charge is 2.32. The minimum Gasteiger partial charge on any atom is -0.276 e.